The van der Waals surface area contributed by atoms with Crippen molar-refractivity contribution in [2.24, 2.45) is 0 Å². The average molecular weight is 401 g/mol. The van der Waals surface area contributed by atoms with Gasteiger partial charge in [0.05, 0.1) is 25.4 Å². The molecule has 1 radical (unpaired) electrons. The van der Waals surface area contributed by atoms with Crippen LogP contribution in [0.5, 0.6) is 0 Å². The maximum absolute atomic E-state index is 6.37. The molecule has 7 heteroatoms. The molecule has 0 aromatic rings. The van der Waals surface area contributed by atoms with E-state index in [9.17, 15) is 0 Å². The Bertz CT molecular complexity index is 430. The van der Waals surface area contributed by atoms with Crippen LogP contribution in [0.15, 0.2) is 0 Å². The molecule has 0 aromatic carbocycles. The molecule has 0 aromatic heterocycles. The monoisotopic (exact) mass is 401 g/mol. The summed E-state index contributed by atoms with van der Waals surface area (Å²) in [7, 11) is 1.44. The summed E-state index contributed by atoms with van der Waals surface area (Å²) in [6.45, 7) is 6.63. The van der Waals surface area contributed by atoms with E-state index >= 15 is 0 Å². The Morgan fingerprint density at radius 1 is 0.750 bits per heavy atom. The lowest BCUT2D eigenvalue weighted by Crippen LogP contribution is -2.47. The quantitative estimate of drug-likeness (QED) is 0.645. The molecule has 4 fully saturated rings. The lowest BCUT2D eigenvalue weighted by Gasteiger charge is -2.34. The van der Waals surface area contributed by atoms with Crippen LogP contribution in [0.3, 0.4) is 0 Å². The van der Waals surface area contributed by atoms with Crippen molar-refractivity contribution >= 4 is 7.69 Å². The summed E-state index contributed by atoms with van der Waals surface area (Å²) in [6, 6.07) is 0. The van der Waals surface area contributed by atoms with Crippen molar-refractivity contribution in [2.45, 2.75) is 108 Å². The van der Waals surface area contributed by atoms with E-state index < -0.39 is 5.79 Å². The Morgan fingerprint density at radius 2 is 1.39 bits per heavy atom. The fourth-order valence-electron chi connectivity index (χ4n) is 4.51. The van der Waals surface area contributed by atoms with Crippen molar-refractivity contribution in [1.82, 2.24) is 0 Å². The molecule has 3 saturated heterocycles. The first-order valence-corrected chi connectivity index (χ1v) is 11.5. The molecule has 0 bridgehead atoms. The molecule has 0 amide bonds. The van der Waals surface area contributed by atoms with Gasteiger partial charge in [0.2, 0.25) is 0 Å². The maximum Gasteiger partial charge on any atom is 0.488 e. The van der Waals surface area contributed by atoms with Gasteiger partial charge in [0.25, 0.3) is 0 Å². The van der Waals surface area contributed by atoms with Crippen LogP contribution in [0, 0.1) is 0 Å². The van der Waals surface area contributed by atoms with Gasteiger partial charge in [-0.25, -0.2) is 0 Å². The van der Waals surface area contributed by atoms with Gasteiger partial charge < -0.3 is 28.3 Å². The molecule has 4 atom stereocenters. The van der Waals surface area contributed by atoms with E-state index in [-0.39, 0.29) is 27.3 Å². The van der Waals surface area contributed by atoms with Crippen LogP contribution in [0.4, 0.5) is 0 Å². The second-order valence-corrected chi connectivity index (χ2v) is 7.99. The molecule has 165 valence electrons. The predicted molar refractivity (Wildman–Crippen MR) is 111 cm³/mol. The van der Waals surface area contributed by atoms with E-state index in [1.165, 1.54) is 46.2 Å². The lowest BCUT2D eigenvalue weighted by molar-refractivity contribution is -0.198. The third kappa shape index (κ3) is 5.93. The van der Waals surface area contributed by atoms with Crippen LogP contribution in [0.1, 0.15) is 80.9 Å². The van der Waals surface area contributed by atoms with Gasteiger partial charge in [-0.05, 0) is 25.7 Å². The summed E-state index contributed by atoms with van der Waals surface area (Å²) in [6.07, 6.45) is 10.8. The zero-order valence-electron chi connectivity index (χ0n) is 17.7. The van der Waals surface area contributed by atoms with Crippen LogP contribution >= 0.6 is 0 Å². The number of hydrogen-bond acceptors (Lipinski definition) is 6. The summed E-state index contributed by atoms with van der Waals surface area (Å²) < 4.78 is 36.1. The van der Waals surface area contributed by atoms with Crippen LogP contribution in [-0.2, 0) is 28.3 Å². The minimum atomic E-state index is -0.398. The third-order valence-electron chi connectivity index (χ3n) is 6.02. The van der Waals surface area contributed by atoms with Crippen molar-refractivity contribution in [3.63, 3.8) is 0 Å². The van der Waals surface area contributed by atoms with Gasteiger partial charge in [0, 0.05) is 28.9 Å². The largest absolute Gasteiger partial charge is 0.488 e. The lowest BCUT2D eigenvalue weighted by atomic mass is 9.94. The van der Waals surface area contributed by atoms with E-state index in [0.717, 1.165) is 38.9 Å². The highest BCUT2D eigenvalue weighted by Gasteiger charge is 2.50. The molecule has 0 N–H and O–H groups in total. The standard InChI is InChI=1S/C19H32BO6.C2H6.2H2/c1-2-7-11-21-13-15(22-12-8-3-1)17-18(26-20-25-17)16-14-23-19(24-16)9-5-4-6-10-19;1-2;;/h15-18H,1-14H2;1-2H3;2*1H/t15?,16-,17?,18+;;;/m1.../s1. The van der Waals surface area contributed by atoms with Crippen molar-refractivity contribution in [2.75, 3.05) is 26.4 Å². The van der Waals surface area contributed by atoms with Crippen molar-refractivity contribution in [1.29, 1.82) is 0 Å². The zero-order chi connectivity index (χ0) is 19.7. The van der Waals surface area contributed by atoms with Gasteiger partial charge in [0.15, 0.2) is 5.79 Å². The Labute approximate surface area is 174 Å². The average Bonchev–Trinajstić information content (AvgIpc) is 3.36. The van der Waals surface area contributed by atoms with Gasteiger partial charge in [-0.1, -0.05) is 39.5 Å². The molecular weight excluding hydrogens is 359 g/mol. The molecule has 1 aliphatic carbocycles. The van der Waals surface area contributed by atoms with E-state index in [0.29, 0.717) is 13.2 Å². The van der Waals surface area contributed by atoms with Gasteiger partial charge in [-0.3, -0.25) is 0 Å². The van der Waals surface area contributed by atoms with Gasteiger partial charge in [-0.15, -0.1) is 0 Å². The highest BCUT2D eigenvalue weighted by Crippen LogP contribution is 2.40. The molecule has 1 spiro atoms. The smallest absolute Gasteiger partial charge is 0.405 e. The van der Waals surface area contributed by atoms with Gasteiger partial charge in [-0.2, -0.15) is 0 Å². The molecule has 6 nitrogen and oxygen atoms in total. The molecule has 4 aliphatic rings. The second-order valence-electron chi connectivity index (χ2n) is 7.99. The highest BCUT2D eigenvalue weighted by atomic mass is 16.8. The SMILES string of the molecule is CC.[B]1OC(C2COCCCCCCCO2)[C@H]([C@H]2COC3(CCCCC3)O2)O1.[HH].[HH]. The summed E-state index contributed by atoms with van der Waals surface area (Å²) in [5.74, 6) is -0.398. The summed E-state index contributed by atoms with van der Waals surface area (Å²) in [5, 5.41) is 0. The van der Waals surface area contributed by atoms with Crippen molar-refractivity contribution < 1.29 is 31.1 Å². The zero-order valence-corrected chi connectivity index (χ0v) is 17.7. The summed E-state index contributed by atoms with van der Waals surface area (Å²) in [5.41, 5.74) is 0. The molecule has 1 saturated carbocycles. The van der Waals surface area contributed by atoms with Gasteiger partial charge >= 0.3 is 7.69 Å². The Kier molecular flexibility index (Phi) is 9.54. The minimum Gasteiger partial charge on any atom is -0.405 e. The molecule has 3 aliphatic heterocycles. The van der Waals surface area contributed by atoms with E-state index in [4.69, 9.17) is 28.3 Å². The highest BCUT2D eigenvalue weighted by molar-refractivity contribution is 6.19. The Balaban J connectivity index is 0.00000109. The fraction of sp³-hybridized carbons (Fsp3) is 1.00. The van der Waals surface area contributed by atoms with Crippen LogP contribution in [0.2, 0.25) is 0 Å². The number of ether oxygens (including phenoxy) is 4. The number of rotatable bonds is 2. The minimum absolute atomic E-state index is 0. The predicted octanol–water partition coefficient (Wildman–Crippen LogP) is 4.26. The normalized spacial score (nSPS) is 36.8. The molecular formula is C21H42BO6. The maximum atomic E-state index is 6.37. The third-order valence-corrected chi connectivity index (χ3v) is 6.02. The van der Waals surface area contributed by atoms with Crippen molar-refractivity contribution in [3.8, 4) is 0 Å². The molecule has 3 heterocycles. The second kappa shape index (κ2) is 11.9. The van der Waals surface area contributed by atoms with E-state index in [2.05, 4.69) is 0 Å². The fourth-order valence-corrected chi connectivity index (χ4v) is 4.51. The first kappa shape index (κ1) is 22.5. The first-order valence-electron chi connectivity index (χ1n) is 11.5. The Hall–Kier alpha value is -0.175. The van der Waals surface area contributed by atoms with Crippen LogP contribution in [-0.4, -0.2) is 64.3 Å². The topological polar surface area (TPSA) is 55.4 Å². The summed E-state index contributed by atoms with van der Waals surface area (Å²) in [4.78, 5) is 0. The van der Waals surface area contributed by atoms with Crippen molar-refractivity contribution in [3.05, 3.63) is 0 Å². The van der Waals surface area contributed by atoms with Crippen LogP contribution in [0.25, 0.3) is 0 Å². The van der Waals surface area contributed by atoms with Crippen LogP contribution < -0.4 is 0 Å². The first-order chi connectivity index (χ1) is 13.9. The summed E-state index contributed by atoms with van der Waals surface area (Å²) >= 11 is 0. The molecule has 4 rings (SSSR count). The Morgan fingerprint density at radius 3 is 2.18 bits per heavy atom. The van der Waals surface area contributed by atoms with E-state index in [1.807, 2.05) is 13.8 Å². The van der Waals surface area contributed by atoms with Gasteiger partial charge in [0.1, 0.15) is 12.2 Å². The molecule has 2 unspecified atom stereocenters. The molecule has 28 heavy (non-hydrogen) atoms. The van der Waals surface area contributed by atoms with E-state index in [1.54, 1.807) is 0 Å². The number of hydrogen-bond donors (Lipinski definition) is 0.